The Labute approximate surface area is 167 Å². The van der Waals surface area contributed by atoms with E-state index in [1.54, 1.807) is 48.5 Å². The summed E-state index contributed by atoms with van der Waals surface area (Å²) in [7, 11) is 1.45. The molecule has 0 bridgehead atoms. The van der Waals surface area contributed by atoms with Crippen LogP contribution in [-0.4, -0.2) is 41.3 Å². The van der Waals surface area contributed by atoms with Gasteiger partial charge in [-0.15, -0.1) is 0 Å². The fourth-order valence-corrected chi connectivity index (χ4v) is 3.40. The fraction of sp³-hybridized carbons (Fsp3) is 0.227. The smallest absolute Gasteiger partial charge is 0.295 e. The molecule has 1 amide bonds. The van der Waals surface area contributed by atoms with Gasteiger partial charge in [0.2, 0.25) is 0 Å². The first-order chi connectivity index (χ1) is 13.8. The van der Waals surface area contributed by atoms with Crippen LogP contribution in [0.1, 0.15) is 29.2 Å². The van der Waals surface area contributed by atoms with E-state index >= 15 is 0 Å². The van der Waals surface area contributed by atoms with Crippen LogP contribution >= 0.6 is 0 Å². The standard InChI is InChI=1S/C22H21NO6/c1-13-7-9-14(10-8-13)20(26)18-19(15-5-3-4-6-16(15)29-2)23(12-11-17(24)25)22(28)21(18)27/h3-10,19,26H,11-12H2,1-2H3,(H,24,25)/p-1/t19-/m1/s1. The Bertz CT molecular complexity index is 993. The van der Waals surface area contributed by atoms with Crippen molar-refractivity contribution in [1.82, 2.24) is 4.90 Å². The molecule has 150 valence electrons. The van der Waals surface area contributed by atoms with Gasteiger partial charge in [-0.1, -0.05) is 48.0 Å². The lowest BCUT2D eigenvalue weighted by Gasteiger charge is -2.26. The van der Waals surface area contributed by atoms with E-state index in [0.717, 1.165) is 10.5 Å². The average molecular weight is 394 g/mol. The number of nitrogens with zero attached hydrogens (tertiary/aromatic N) is 1. The van der Waals surface area contributed by atoms with Crippen molar-refractivity contribution >= 4 is 23.4 Å². The van der Waals surface area contributed by atoms with Crippen LogP contribution in [0.3, 0.4) is 0 Å². The molecule has 0 unspecified atom stereocenters. The maximum atomic E-state index is 12.8. The van der Waals surface area contributed by atoms with E-state index in [4.69, 9.17) is 4.74 Å². The highest BCUT2D eigenvalue weighted by atomic mass is 16.5. The Morgan fingerprint density at radius 2 is 1.79 bits per heavy atom. The zero-order valence-electron chi connectivity index (χ0n) is 16.0. The first kappa shape index (κ1) is 20.1. The van der Waals surface area contributed by atoms with Gasteiger partial charge in [-0.2, -0.15) is 0 Å². The molecular weight excluding hydrogens is 374 g/mol. The number of aliphatic hydroxyl groups is 1. The van der Waals surface area contributed by atoms with Crippen molar-refractivity contribution in [2.75, 3.05) is 13.7 Å². The summed E-state index contributed by atoms with van der Waals surface area (Å²) in [4.78, 5) is 37.6. The molecule has 0 aliphatic carbocycles. The third-order valence-corrected chi connectivity index (χ3v) is 4.86. The van der Waals surface area contributed by atoms with Gasteiger partial charge in [0.1, 0.15) is 11.5 Å². The number of Topliss-reactive ketones (excluding diaryl/α,β-unsaturated/α-hetero) is 1. The van der Waals surface area contributed by atoms with Gasteiger partial charge in [-0.3, -0.25) is 9.59 Å². The topological polar surface area (TPSA) is 107 Å². The molecule has 1 heterocycles. The summed E-state index contributed by atoms with van der Waals surface area (Å²) >= 11 is 0. The highest BCUT2D eigenvalue weighted by Crippen LogP contribution is 2.42. The van der Waals surface area contributed by atoms with Gasteiger partial charge in [0, 0.05) is 30.1 Å². The Balaban J connectivity index is 2.20. The normalized spacial score (nSPS) is 18.1. The lowest BCUT2D eigenvalue weighted by molar-refractivity contribution is -0.305. The van der Waals surface area contributed by atoms with Gasteiger partial charge in [0.05, 0.1) is 18.7 Å². The van der Waals surface area contributed by atoms with Gasteiger partial charge in [-0.25, -0.2) is 0 Å². The lowest BCUT2D eigenvalue weighted by atomic mass is 9.94. The zero-order valence-corrected chi connectivity index (χ0v) is 16.0. The van der Waals surface area contributed by atoms with E-state index in [-0.39, 0.29) is 17.9 Å². The SMILES string of the molecule is COc1ccccc1[C@@H]1C(=C(O)c2ccc(C)cc2)C(=O)C(=O)N1CCC(=O)[O-]. The first-order valence-corrected chi connectivity index (χ1v) is 9.03. The van der Waals surface area contributed by atoms with Crippen LogP contribution in [0.25, 0.3) is 5.76 Å². The Morgan fingerprint density at radius 1 is 1.14 bits per heavy atom. The molecule has 0 radical (unpaired) electrons. The van der Waals surface area contributed by atoms with E-state index in [1.807, 2.05) is 6.92 Å². The Hall–Kier alpha value is -3.61. The average Bonchev–Trinajstić information content (AvgIpc) is 2.96. The van der Waals surface area contributed by atoms with Gasteiger partial charge in [0.25, 0.3) is 11.7 Å². The van der Waals surface area contributed by atoms with Crippen LogP contribution in [0.2, 0.25) is 0 Å². The van der Waals surface area contributed by atoms with Crippen molar-refractivity contribution in [3.63, 3.8) is 0 Å². The Morgan fingerprint density at radius 3 is 2.41 bits per heavy atom. The number of ketones is 1. The molecule has 7 heteroatoms. The van der Waals surface area contributed by atoms with E-state index in [0.29, 0.717) is 16.9 Å². The highest BCUT2D eigenvalue weighted by molar-refractivity contribution is 6.46. The molecule has 1 aliphatic rings. The van der Waals surface area contributed by atoms with Crippen LogP contribution in [0.15, 0.2) is 54.1 Å². The monoisotopic (exact) mass is 394 g/mol. The number of amides is 1. The molecule has 1 aliphatic heterocycles. The number of carbonyl (C=O) groups is 3. The second-order valence-corrected chi connectivity index (χ2v) is 6.72. The van der Waals surface area contributed by atoms with Crippen molar-refractivity contribution in [1.29, 1.82) is 0 Å². The minimum Gasteiger partial charge on any atom is -0.550 e. The molecule has 1 fully saturated rings. The van der Waals surface area contributed by atoms with Crippen LogP contribution in [0.5, 0.6) is 5.75 Å². The summed E-state index contributed by atoms with van der Waals surface area (Å²) < 4.78 is 5.37. The van der Waals surface area contributed by atoms with Crippen molar-refractivity contribution in [3.05, 3.63) is 70.8 Å². The molecule has 2 aromatic rings. The number of aliphatic hydroxyl groups excluding tert-OH is 1. The molecule has 2 aromatic carbocycles. The van der Waals surface area contributed by atoms with Gasteiger partial charge in [-0.05, 0) is 13.0 Å². The zero-order chi connectivity index (χ0) is 21.1. The number of aryl methyl sites for hydroxylation is 1. The van der Waals surface area contributed by atoms with Crippen molar-refractivity contribution in [2.24, 2.45) is 0 Å². The number of benzene rings is 2. The second kappa shape index (κ2) is 8.18. The molecule has 29 heavy (non-hydrogen) atoms. The number of rotatable bonds is 6. The van der Waals surface area contributed by atoms with Crippen LogP contribution < -0.4 is 9.84 Å². The molecule has 1 N–H and O–H groups in total. The number of carbonyl (C=O) groups excluding carboxylic acids is 3. The van der Waals surface area contributed by atoms with Crippen molar-refractivity contribution in [2.45, 2.75) is 19.4 Å². The van der Waals surface area contributed by atoms with E-state index in [9.17, 15) is 24.6 Å². The molecular formula is C22H20NO6-. The van der Waals surface area contributed by atoms with Crippen LogP contribution in [0.4, 0.5) is 0 Å². The van der Waals surface area contributed by atoms with Crippen LogP contribution in [-0.2, 0) is 14.4 Å². The van der Waals surface area contributed by atoms with Crippen molar-refractivity contribution < 1.29 is 29.3 Å². The number of hydrogen-bond donors (Lipinski definition) is 1. The van der Waals surface area contributed by atoms with Crippen molar-refractivity contribution in [3.8, 4) is 5.75 Å². The van der Waals surface area contributed by atoms with E-state index < -0.39 is 30.1 Å². The molecule has 0 spiro atoms. The third-order valence-electron chi connectivity index (χ3n) is 4.86. The predicted molar refractivity (Wildman–Crippen MR) is 103 cm³/mol. The predicted octanol–water partition coefficient (Wildman–Crippen LogP) is 1.57. The largest absolute Gasteiger partial charge is 0.550 e. The van der Waals surface area contributed by atoms with Gasteiger partial charge >= 0.3 is 0 Å². The molecule has 1 atom stereocenters. The number of carboxylic acid groups (broad SMARTS) is 1. The summed E-state index contributed by atoms with van der Waals surface area (Å²) in [6, 6.07) is 12.7. The number of carboxylic acids is 1. The summed E-state index contributed by atoms with van der Waals surface area (Å²) in [5.74, 6) is -3.01. The molecule has 1 saturated heterocycles. The maximum Gasteiger partial charge on any atom is 0.295 e. The summed E-state index contributed by atoms with van der Waals surface area (Å²) in [6.07, 6.45) is -0.441. The minimum absolute atomic E-state index is 0.110. The summed E-state index contributed by atoms with van der Waals surface area (Å²) in [5.41, 5.74) is 1.72. The maximum absolute atomic E-state index is 12.8. The third kappa shape index (κ3) is 3.85. The molecule has 3 rings (SSSR count). The number of para-hydroxylation sites is 1. The van der Waals surface area contributed by atoms with E-state index in [2.05, 4.69) is 0 Å². The van der Waals surface area contributed by atoms with Gasteiger partial charge in [0.15, 0.2) is 0 Å². The minimum atomic E-state index is -1.34. The lowest BCUT2D eigenvalue weighted by Crippen LogP contribution is -2.34. The number of hydrogen-bond acceptors (Lipinski definition) is 6. The highest BCUT2D eigenvalue weighted by Gasteiger charge is 2.46. The Kier molecular flexibility index (Phi) is 5.68. The fourth-order valence-electron chi connectivity index (χ4n) is 3.40. The number of aliphatic carboxylic acids is 1. The van der Waals surface area contributed by atoms with E-state index in [1.165, 1.54) is 7.11 Å². The van der Waals surface area contributed by atoms with Crippen LogP contribution in [0, 0.1) is 6.92 Å². The van der Waals surface area contributed by atoms with Gasteiger partial charge < -0.3 is 24.6 Å². The molecule has 7 nitrogen and oxygen atoms in total. The quantitative estimate of drug-likeness (QED) is 0.453. The molecule has 0 saturated carbocycles. The number of ether oxygens (including phenoxy) is 1. The number of methoxy groups -OCH3 is 1. The second-order valence-electron chi connectivity index (χ2n) is 6.72. The number of likely N-dealkylation sites (tertiary alicyclic amines) is 1. The summed E-state index contributed by atoms with van der Waals surface area (Å²) in [5, 5.41) is 21.9. The molecule has 0 aromatic heterocycles. The summed E-state index contributed by atoms with van der Waals surface area (Å²) in [6.45, 7) is 1.65. The first-order valence-electron chi connectivity index (χ1n) is 9.03.